The molecule has 0 saturated carbocycles. The SMILES string of the molecule is CCc1nc2cc(Cl)ccc2c(N)c1CC. The van der Waals surface area contributed by atoms with E-state index in [1.807, 2.05) is 18.2 Å². The molecule has 1 heterocycles. The number of aromatic nitrogens is 1. The number of benzene rings is 1. The molecule has 0 spiro atoms. The van der Waals surface area contributed by atoms with Crippen LogP contribution >= 0.6 is 11.6 Å². The van der Waals surface area contributed by atoms with Crippen LogP contribution in [0.5, 0.6) is 0 Å². The second-order valence-electron chi connectivity index (χ2n) is 3.82. The number of pyridine rings is 1. The van der Waals surface area contributed by atoms with Crippen molar-refractivity contribution in [2.75, 3.05) is 5.73 Å². The topological polar surface area (TPSA) is 38.9 Å². The largest absolute Gasteiger partial charge is 0.398 e. The van der Waals surface area contributed by atoms with E-state index in [9.17, 15) is 0 Å². The first kappa shape index (κ1) is 11.2. The fourth-order valence-electron chi connectivity index (χ4n) is 2.04. The van der Waals surface area contributed by atoms with Crippen LogP contribution in [0.4, 0.5) is 5.69 Å². The predicted octanol–water partition coefficient (Wildman–Crippen LogP) is 3.60. The third-order valence-electron chi connectivity index (χ3n) is 2.87. The number of hydrogen-bond acceptors (Lipinski definition) is 2. The average Bonchev–Trinajstić information content (AvgIpc) is 2.28. The van der Waals surface area contributed by atoms with Gasteiger partial charge >= 0.3 is 0 Å². The highest BCUT2D eigenvalue weighted by molar-refractivity contribution is 6.31. The van der Waals surface area contributed by atoms with Gasteiger partial charge in [0.1, 0.15) is 0 Å². The fourth-order valence-corrected chi connectivity index (χ4v) is 2.21. The maximum atomic E-state index is 6.17. The maximum absolute atomic E-state index is 6.17. The van der Waals surface area contributed by atoms with Crippen LogP contribution in [-0.4, -0.2) is 4.98 Å². The number of anilines is 1. The molecule has 0 amide bonds. The number of aryl methyl sites for hydroxylation is 1. The molecule has 1 aromatic carbocycles. The first-order valence-electron chi connectivity index (χ1n) is 5.53. The van der Waals surface area contributed by atoms with Gasteiger partial charge in [0.15, 0.2) is 0 Å². The summed E-state index contributed by atoms with van der Waals surface area (Å²) in [7, 11) is 0. The molecule has 0 atom stereocenters. The molecule has 84 valence electrons. The van der Waals surface area contributed by atoms with Gasteiger partial charge in [0.2, 0.25) is 0 Å². The first-order chi connectivity index (χ1) is 7.67. The minimum atomic E-state index is 0.700. The summed E-state index contributed by atoms with van der Waals surface area (Å²) in [5, 5.41) is 1.70. The van der Waals surface area contributed by atoms with Crippen molar-refractivity contribution in [1.29, 1.82) is 0 Å². The Morgan fingerprint density at radius 3 is 2.62 bits per heavy atom. The lowest BCUT2D eigenvalue weighted by molar-refractivity contribution is 0.985. The van der Waals surface area contributed by atoms with Gasteiger partial charge < -0.3 is 5.73 Å². The van der Waals surface area contributed by atoms with Crippen molar-refractivity contribution in [2.24, 2.45) is 0 Å². The Morgan fingerprint density at radius 2 is 2.00 bits per heavy atom. The van der Waals surface area contributed by atoms with Crippen molar-refractivity contribution in [3.8, 4) is 0 Å². The molecular weight excluding hydrogens is 220 g/mol. The molecule has 3 heteroatoms. The zero-order valence-corrected chi connectivity index (χ0v) is 10.3. The van der Waals surface area contributed by atoms with Gasteiger partial charge in [0, 0.05) is 21.8 Å². The number of nitrogens with zero attached hydrogens (tertiary/aromatic N) is 1. The molecule has 1 aromatic heterocycles. The van der Waals surface area contributed by atoms with Crippen LogP contribution in [0.2, 0.25) is 5.02 Å². The Balaban J connectivity index is 2.82. The number of fused-ring (bicyclic) bond motifs is 1. The van der Waals surface area contributed by atoms with Gasteiger partial charge in [-0.05, 0) is 36.6 Å². The summed E-state index contributed by atoms with van der Waals surface area (Å²) in [6.07, 6.45) is 1.82. The summed E-state index contributed by atoms with van der Waals surface area (Å²) < 4.78 is 0. The fraction of sp³-hybridized carbons (Fsp3) is 0.308. The van der Waals surface area contributed by atoms with E-state index in [0.717, 1.165) is 40.7 Å². The summed E-state index contributed by atoms with van der Waals surface area (Å²) >= 11 is 5.96. The lowest BCUT2D eigenvalue weighted by Crippen LogP contribution is -2.02. The Kier molecular flexibility index (Phi) is 3.01. The van der Waals surface area contributed by atoms with Crippen molar-refractivity contribution < 1.29 is 0 Å². The predicted molar refractivity (Wildman–Crippen MR) is 69.9 cm³/mol. The van der Waals surface area contributed by atoms with E-state index in [2.05, 4.69) is 18.8 Å². The van der Waals surface area contributed by atoms with Gasteiger partial charge in [-0.25, -0.2) is 0 Å². The molecule has 2 rings (SSSR count). The summed E-state index contributed by atoms with van der Waals surface area (Å²) in [6.45, 7) is 4.20. The smallest absolute Gasteiger partial charge is 0.0741 e. The van der Waals surface area contributed by atoms with E-state index in [1.165, 1.54) is 0 Å². The number of nitrogen functional groups attached to an aromatic ring is 1. The second kappa shape index (κ2) is 4.30. The Bertz CT molecular complexity index is 535. The Labute approximate surface area is 100 Å². The van der Waals surface area contributed by atoms with Gasteiger partial charge in [0.25, 0.3) is 0 Å². The highest BCUT2D eigenvalue weighted by Gasteiger charge is 2.10. The van der Waals surface area contributed by atoms with Crippen LogP contribution in [0.15, 0.2) is 18.2 Å². The van der Waals surface area contributed by atoms with E-state index in [-0.39, 0.29) is 0 Å². The van der Waals surface area contributed by atoms with Gasteiger partial charge in [-0.1, -0.05) is 25.4 Å². The van der Waals surface area contributed by atoms with E-state index in [0.29, 0.717) is 5.02 Å². The Hall–Kier alpha value is -1.28. The number of hydrogen-bond donors (Lipinski definition) is 1. The minimum Gasteiger partial charge on any atom is -0.398 e. The van der Waals surface area contributed by atoms with Crippen molar-refractivity contribution in [2.45, 2.75) is 26.7 Å². The zero-order chi connectivity index (χ0) is 11.7. The molecule has 0 aliphatic rings. The van der Waals surface area contributed by atoms with Crippen LogP contribution in [-0.2, 0) is 12.8 Å². The molecule has 2 nitrogen and oxygen atoms in total. The standard InChI is InChI=1S/C13H15ClN2/c1-3-9-11(4-2)16-12-7-8(14)5-6-10(12)13(9)15/h5-7H,3-4H2,1-2H3,(H2,15,16). The van der Waals surface area contributed by atoms with Crippen LogP contribution in [0, 0.1) is 0 Å². The summed E-state index contributed by atoms with van der Waals surface area (Å²) in [4.78, 5) is 4.62. The van der Waals surface area contributed by atoms with Crippen LogP contribution < -0.4 is 5.73 Å². The summed E-state index contributed by atoms with van der Waals surface area (Å²) in [6, 6.07) is 5.66. The van der Waals surface area contributed by atoms with Crippen molar-refractivity contribution in [1.82, 2.24) is 4.98 Å². The van der Waals surface area contributed by atoms with Gasteiger partial charge in [0.05, 0.1) is 5.52 Å². The lowest BCUT2D eigenvalue weighted by atomic mass is 10.0. The normalized spacial score (nSPS) is 10.9. The van der Waals surface area contributed by atoms with E-state index in [4.69, 9.17) is 17.3 Å². The highest BCUT2D eigenvalue weighted by Crippen LogP contribution is 2.28. The van der Waals surface area contributed by atoms with Crippen molar-refractivity contribution in [3.05, 3.63) is 34.5 Å². The minimum absolute atomic E-state index is 0.700. The average molecular weight is 235 g/mol. The molecule has 16 heavy (non-hydrogen) atoms. The molecule has 0 unspecified atom stereocenters. The van der Waals surface area contributed by atoms with E-state index >= 15 is 0 Å². The van der Waals surface area contributed by atoms with Gasteiger partial charge in [-0.2, -0.15) is 0 Å². The molecule has 0 fully saturated rings. The lowest BCUT2D eigenvalue weighted by Gasteiger charge is -2.12. The number of halogens is 1. The molecule has 2 N–H and O–H groups in total. The molecule has 0 radical (unpaired) electrons. The van der Waals surface area contributed by atoms with E-state index in [1.54, 1.807) is 0 Å². The monoisotopic (exact) mass is 234 g/mol. The summed E-state index contributed by atoms with van der Waals surface area (Å²) in [5.74, 6) is 0. The third kappa shape index (κ3) is 1.74. The highest BCUT2D eigenvalue weighted by atomic mass is 35.5. The van der Waals surface area contributed by atoms with Crippen molar-refractivity contribution >= 4 is 28.2 Å². The molecule has 0 bridgehead atoms. The molecule has 0 saturated heterocycles. The maximum Gasteiger partial charge on any atom is 0.0741 e. The molecule has 0 aliphatic heterocycles. The number of rotatable bonds is 2. The quantitative estimate of drug-likeness (QED) is 0.863. The van der Waals surface area contributed by atoms with Crippen LogP contribution in [0.1, 0.15) is 25.1 Å². The molecule has 2 aromatic rings. The number of nitrogens with two attached hydrogens (primary N) is 1. The van der Waals surface area contributed by atoms with Gasteiger partial charge in [-0.3, -0.25) is 4.98 Å². The van der Waals surface area contributed by atoms with E-state index < -0.39 is 0 Å². The Morgan fingerprint density at radius 1 is 1.25 bits per heavy atom. The zero-order valence-electron chi connectivity index (χ0n) is 9.55. The second-order valence-corrected chi connectivity index (χ2v) is 4.26. The van der Waals surface area contributed by atoms with Gasteiger partial charge in [-0.15, -0.1) is 0 Å². The first-order valence-corrected chi connectivity index (χ1v) is 5.91. The van der Waals surface area contributed by atoms with Crippen molar-refractivity contribution in [3.63, 3.8) is 0 Å². The molecule has 0 aliphatic carbocycles. The van der Waals surface area contributed by atoms with Crippen LogP contribution in [0.3, 0.4) is 0 Å². The van der Waals surface area contributed by atoms with Crippen LogP contribution in [0.25, 0.3) is 10.9 Å². The third-order valence-corrected chi connectivity index (χ3v) is 3.10. The summed E-state index contributed by atoms with van der Waals surface area (Å²) in [5.41, 5.74) is 10.2. The molecular formula is C13H15ClN2.